The van der Waals surface area contributed by atoms with Crippen LogP contribution in [0.25, 0.3) is 0 Å². The van der Waals surface area contributed by atoms with Crippen LogP contribution in [0.4, 0.5) is 0 Å². The molecule has 3 amide bonds. The SMILES string of the molecule is Cc1c(Cl)cccc1S(=O)(=O)Cc1ccc2c(c1)C(=O)N(C1CCC(=O)NC1=O)C2. The zero-order valence-electron chi connectivity index (χ0n) is 16.1. The largest absolute Gasteiger partial charge is 0.322 e. The van der Waals surface area contributed by atoms with Crippen molar-refractivity contribution in [2.75, 3.05) is 0 Å². The van der Waals surface area contributed by atoms with Gasteiger partial charge in [0.15, 0.2) is 9.84 Å². The summed E-state index contributed by atoms with van der Waals surface area (Å²) < 4.78 is 25.8. The van der Waals surface area contributed by atoms with Gasteiger partial charge in [-0.25, -0.2) is 8.42 Å². The van der Waals surface area contributed by atoms with Crippen LogP contribution in [0.1, 0.15) is 39.9 Å². The van der Waals surface area contributed by atoms with Crippen LogP contribution in [0.5, 0.6) is 0 Å². The molecule has 2 aromatic carbocycles. The summed E-state index contributed by atoms with van der Waals surface area (Å²) in [5.41, 5.74) is 2.08. The average molecular weight is 447 g/mol. The van der Waals surface area contributed by atoms with Gasteiger partial charge in [-0.3, -0.25) is 19.7 Å². The van der Waals surface area contributed by atoms with E-state index in [0.29, 0.717) is 21.7 Å². The molecule has 1 N–H and O–H groups in total. The fourth-order valence-corrected chi connectivity index (χ4v) is 5.78. The number of nitrogens with zero attached hydrogens (tertiary/aromatic N) is 1. The number of hydrogen-bond acceptors (Lipinski definition) is 5. The van der Waals surface area contributed by atoms with Gasteiger partial charge in [0.2, 0.25) is 11.8 Å². The van der Waals surface area contributed by atoms with E-state index in [1.54, 1.807) is 37.3 Å². The Balaban J connectivity index is 1.59. The number of carbonyl (C=O) groups is 3. The van der Waals surface area contributed by atoms with Gasteiger partial charge >= 0.3 is 0 Å². The highest BCUT2D eigenvalue weighted by Gasteiger charge is 2.39. The zero-order chi connectivity index (χ0) is 21.6. The number of sulfone groups is 1. The maximum Gasteiger partial charge on any atom is 0.255 e. The molecule has 0 radical (unpaired) electrons. The van der Waals surface area contributed by atoms with Crippen LogP contribution in [0.3, 0.4) is 0 Å². The number of fused-ring (bicyclic) bond motifs is 1. The van der Waals surface area contributed by atoms with E-state index in [4.69, 9.17) is 11.6 Å². The first-order valence-corrected chi connectivity index (χ1v) is 11.4. The summed E-state index contributed by atoms with van der Waals surface area (Å²) in [5, 5.41) is 2.64. The number of nitrogens with one attached hydrogen (secondary N) is 1. The van der Waals surface area contributed by atoms with Crippen molar-refractivity contribution in [3.8, 4) is 0 Å². The lowest BCUT2D eigenvalue weighted by Crippen LogP contribution is -2.52. The summed E-state index contributed by atoms with van der Waals surface area (Å²) in [5.74, 6) is -1.43. The van der Waals surface area contributed by atoms with Crippen LogP contribution in [0, 0.1) is 6.92 Å². The van der Waals surface area contributed by atoms with E-state index in [0.717, 1.165) is 5.56 Å². The molecule has 30 heavy (non-hydrogen) atoms. The summed E-state index contributed by atoms with van der Waals surface area (Å²) in [6.45, 7) is 1.90. The summed E-state index contributed by atoms with van der Waals surface area (Å²) in [4.78, 5) is 38.0. The Morgan fingerprint density at radius 1 is 1.17 bits per heavy atom. The van der Waals surface area contributed by atoms with Crippen molar-refractivity contribution in [2.45, 2.75) is 43.0 Å². The standard InChI is InChI=1S/C21H19ClN2O5S/c1-12-16(22)3-2-4-18(12)30(28,29)11-13-5-6-14-10-24(21(27)15(14)9-13)17-7-8-19(25)23-20(17)26/h2-6,9,17H,7-8,10-11H2,1H3,(H,23,25,26). The molecule has 1 atom stereocenters. The lowest BCUT2D eigenvalue weighted by atomic mass is 10.0. The molecule has 9 heteroatoms. The highest BCUT2D eigenvalue weighted by Crippen LogP contribution is 2.30. The number of piperidine rings is 1. The average Bonchev–Trinajstić information content (AvgIpc) is 3.00. The maximum atomic E-state index is 12.9. The van der Waals surface area contributed by atoms with Crippen LogP contribution in [0.2, 0.25) is 5.02 Å². The van der Waals surface area contributed by atoms with Crippen LogP contribution >= 0.6 is 11.6 Å². The number of benzene rings is 2. The topological polar surface area (TPSA) is 101 Å². The molecule has 0 aliphatic carbocycles. The van der Waals surface area contributed by atoms with Crippen LogP contribution in [-0.2, 0) is 31.7 Å². The van der Waals surface area contributed by atoms with Gasteiger partial charge in [-0.05, 0) is 48.2 Å². The third kappa shape index (κ3) is 3.61. The van der Waals surface area contributed by atoms with Crippen molar-refractivity contribution >= 4 is 39.2 Å². The fraction of sp³-hybridized carbons (Fsp3) is 0.286. The molecule has 0 spiro atoms. The minimum atomic E-state index is -3.66. The molecule has 0 aromatic heterocycles. The van der Waals surface area contributed by atoms with E-state index < -0.39 is 21.8 Å². The minimum absolute atomic E-state index is 0.159. The van der Waals surface area contributed by atoms with Crippen molar-refractivity contribution in [3.63, 3.8) is 0 Å². The van der Waals surface area contributed by atoms with Crippen LogP contribution in [-0.4, -0.2) is 37.1 Å². The number of hydrogen-bond donors (Lipinski definition) is 1. The lowest BCUT2D eigenvalue weighted by Gasteiger charge is -2.29. The summed E-state index contributed by atoms with van der Waals surface area (Å²) in [6, 6.07) is 9.00. The molecule has 1 saturated heterocycles. The molecule has 1 unspecified atom stereocenters. The first kappa shape index (κ1) is 20.6. The van der Waals surface area contributed by atoms with E-state index in [1.807, 2.05) is 0 Å². The Labute approximate surface area is 178 Å². The van der Waals surface area contributed by atoms with Crippen molar-refractivity contribution < 1.29 is 22.8 Å². The normalized spacial score (nSPS) is 19.1. The predicted octanol–water partition coefficient (Wildman–Crippen LogP) is 2.38. The zero-order valence-corrected chi connectivity index (χ0v) is 17.7. The summed E-state index contributed by atoms with van der Waals surface area (Å²) in [7, 11) is -3.66. The van der Waals surface area contributed by atoms with Gasteiger partial charge in [0.25, 0.3) is 5.91 Å². The van der Waals surface area contributed by atoms with Gasteiger partial charge < -0.3 is 4.90 Å². The van der Waals surface area contributed by atoms with E-state index in [1.165, 1.54) is 11.0 Å². The third-order valence-corrected chi connectivity index (χ3v) is 7.74. The quantitative estimate of drug-likeness (QED) is 0.727. The second kappa shape index (κ2) is 7.52. The Kier molecular flexibility index (Phi) is 5.15. The van der Waals surface area contributed by atoms with Crippen molar-refractivity contribution in [1.29, 1.82) is 0 Å². The molecule has 4 rings (SSSR count). The van der Waals surface area contributed by atoms with Gasteiger partial charge in [-0.2, -0.15) is 0 Å². The Morgan fingerprint density at radius 2 is 1.93 bits per heavy atom. The molecule has 156 valence electrons. The minimum Gasteiger partial charge on any atom is -0.322 e. The van der Waals surface area contributed by atoms with Gasteiger partial charge in [-0.15, -0.1) is 0 Å². The maximum absolute atomic E-state index is 12.9. The number of rotatable bonds is 4. The second-order valence-corrected chi connectivity index (χ2v) is 9.88. The van der Waals surface area contributed by atoms with Crippen molar-refractivity contribution in [1.82, 2.24) is 10.2 Å². The monoisotopic (exact) mass is 446 g/mol. The third-order valence-electron chi connectivity index (χ3n) is 5.50. The highest BCUT2D eigenvalue weighted by molar-refractivity contribution is 7.90. The number of amides is 3. The molecule has 7 nitrogen and oxygen atoms in total. The Bertz CT molecular complexity index is 1190. The Morgan fingerprint density at radius 3 is 2.67 bits per heavy atom. The molecule has 2 aliphatic rings. The van der Waals surface area contributed by atoms with Crippen molar-refractivity contribution in [3.05, 3.63) is 63.7 Å². The molecular formula is C21H19ClN2O5S. The fourth-order valence-electron chi connectivity index (χ4n) is 3.91. The van der Waals surface area contributed by atoms with E-state index in [9.17, 15) is 22.8 Å². The molecular weight excluding hydrogens is 428 g/mol. The molecule has 0 bridgehead atoms. The second-order valence-electron chi connectivity index (χ2n) is 7.51. The number of imide groups is 1. The van der Waals surface area contributed by atoms with Gasteiger partial charge in [0, 0.05) is 23.6 Å². The van der Waals surface area contributed by atoms with E-state index in [2.05, 4.69) is 5.32 Å². The van der Waals surface area contributed by atoms with E-state index in [-0.39, 0.29) is 41.8 Å². The van der Waals surface area contributed by atoms with Gasteiger partial charge in [0.05, 0.1) is 10.6 Å². The van der Waals surface area contributed by atoms with E-state index >= 15 is 0 Å². The number of carbonyl (C=O) groups excluding carboxylic acids is 3. The van der Waals surface area contributed by atoms with Gasteiger partial charge in [0.1, 0.15) is 6.04 Å². The summed E-state index contributed by atoms with van der Waals surface area (Å²) >= 11 is 6.06. The summed E-state index contributed by atoms with van der Waals surface area (Å²) in [6.07, 6.45) is 0.457. The molecule has 2 aliphatic heterocycles. The number of halogens is 1. The molecule has 0 saturated carbocycles. The molecule has 2 heterocycles. The van der Waals surface area contributed by atoms with Crippen LogP contribution in [0.15, 0.2) is 41.3 Å². The molecule has 1 fully saturated rings. The first-order valence-electron chi connectivity index (χ1n) is 9.42. The smallest absolute Gasteiger partial charge is 0.255 e. The lowest BCUT2D eigenvalue weighted by molar-refractivity contribution is -0.136. The molecule has 2 aromatic rings. The first-order chi connectivity index (χ1) is 14.2. The highest BCUT2D eigenvalue weighted by atomic mass is 35.5. The Hall–Kier alpha value is -2.71. The van der Waals surface area contributed by atoms with Gasteiger partial charge in [-0.1, -0.05) is 29.8 Å². The predicted molar refractivity (Wildman–Crippen MR) is 110 cm³/mol. The van der Waals surface area contributed by atoms with Crippen LogP contribution < -0.4 is 5.32 Å². The van der Waals surface area contributed by atoms with Crippen molar-refractivity contribution in [2.24, 2.45) is 0 Å².